The molecule has 0 amide bonds. The molecular weight excluding hydrogens is 229 g/mol. The Kier molecular flexibility index (Phi) is 4.36. The Bertz CT molecular complexity index is 405. The highest BCUT2D eigenvalue weighted by atomic mass is 19.1. The molecule has 1 N–H and O–H groups in total. The fourth-order valence-electron chi connectivity index (χ4n) is 2.63. The van der Waals surface area contributed by atoms with E-state index in [2.05, 4.69) is 19.2 Å². The van der Waals surface area contributed by atoms with E-state index in [1.807, 2.05) is 13.1 Å². The van der Waals surface area contributed by atoms with Crippen molar-refractivity contribution in [1.29, 1.82) is 0 Å². The van der Waals surface area contributed by atoms with Gasteiger partial charge in [0, 0.05) is 12.1 Å². The third kappa shape index (κ3) is 2.73. The fraction of sp³-hybridized carbons (Fsp3) is 0.600. The van der Waals surface area contributed by atoms with E-state index in [0.717, 1.165) is 24.0 Å². The number of aryl methyl sites for hydroxylation is 1. The van der Waals surface area contributed by atoms with Crippen molar-refractivity contribution >= 4 is 0 Å². The van der Waals surface area contributed by atoms with Gasteiger partial charge in [0.25, 0.3) is 0 Å². The molecule has 0 fully saturated rings. The second-order valence-corrected chi connectivity index (χ2v) is 5.32. The van der Waals surface area contributed by atoms with Gasteiger partial charge in [-0.15, -0.1) is 0 Å². The predicted molar refractivity (Wildman–Crippen MR) is 71.1 cm³/mol. The first-order chi connectivity index (χ1) is 8.63. The van der Waals surface area contributed by atoms with Crippen LogP contribution in [0.3, 0.4) is 0 Å². The summed E-state index contributed by atoms with van der Waals surface area (Å²) in [6, 6.07) is 5.34. The van der Waals surface area contributed by atoms with E-state index in [-0.39, 0.29) is 18.0 Å². The maximum atomic E-state index is 14.0. The largest absolute Gasteiger partial charge is 0.369 e. The van der Waals surface area contributed by atoms with Crippen LogP contribution in [0, 0.1) is 11.7 Å². The Morgan fingerprint density at radius 1 is 1.44 bits per heavy atom. The third-order valence-corrected chi connectivity index (χ3v) is 3.64. The van der Waals surface area contributed by atoms with Crippen LogP contribution in [-0.4, -0.2) is 19.7 Å². The lowest BCUT2D eigenvalue weighted by molar-refractivity contribution is -0.0359. The zero-order valence-corrected chi connectivity index (χ0v) is 11.4. The van der Waals surface area contributed by atoms with Crippen LogP contribution in [0.15, 0.2) is 18.2 Å². The zero-order chi connectivity index (χ0) is 13.1. The van der Waals surface area contributed by atoms with E-state index in [4.69, 9.17) is 4.74 Å². The van der Waals surface area contributed by atoms with Gasteiger partial charge in [0.2, 0.25) is 0 Å². The van der Waals surface area contributed by atoms with Gasteiger partial charge >= 0.3 is 0 Å². The highest BCUT2D eigenvalue weighted by Gasteiger charge is 2.28. The summed E-state index contributed by atoms with van der Waals surface area (Å²) >= 11 is 0. The molecule has 18 heavy (non-hydrogen) atoms. The van der Waals surface area contributed by atoms with Crippen LogP contribution in [0.5, 0.6) is 0 Å². The molecule has 1 aromatic rings. The van der Waals surface area contributed by atoms with Gasteiger partial charge in [-0.1, -0.05) is 26.0 Å². The Balaban J connectivity index is 2.34. The van der Waals surface area contributed by atoms with Gasteiger partial charge in [0.15, 0.2) is 0 Å². The summed E-state index contributed by atoms with van der Waals surface area (Å²) in [5, 5.41) is 3.10. The number of likely N-dealkylation sites (N-methyl/N-ethyl adjacent to an activating group) is 1. The van der Waals surface area contributed by atoms with Gasteiger partial charge in [-0.25, -0.2) is 4.39 Å². The van der Waals surface area contributed by atoms with E-state index in [0.29, 0.717) is 12.5 Å². The molecule has 0 radical (unpaired) electrons. The molecule has 0 aromatic heterocycles. The van der Waals surface area contributed by atoms with E-state index in [1.165, 1.54) is 6.07 Å². The number of ether oxygens (including phenoxy) is 1. The third-order valence-electron chi connectivity index (χ3n) is 3.64. The van der Waals surface area contributed by atoms with Gasteiger partial charge in [0.1, 0.15) is 5.82 Å². The number of benzene rings is 1. The summed E-state index contributed by atoms with van der Waals surface area (Å²) in [4.78, 5) is 0. The molecule has 0 spiro atoms. The Labute approximate surface area is 109 Å². The van der Waals surface area contributed by atoms with E-state index in [1.54, 1.807) is 6.07 Å². The van der Waals surface area contributed by atoms with Gasteiger partial charge in [-0.05, 0) is 37.4 Å². The molecule has 0 saturated heterocycles. The number of hydrogen-bond acceptors (Lipinski definition) is 2. The molecule has 0 bridgehead atoms. The summed E-state index contributed by atoms with van der Waals surface area (Å²) in [6.07, 6.45) is 1.89. The predicted octanol–water partition coefficient (Wildman–Crippen LogP) is 3.07. The minimum atomic E-state index is -0.180. The van der Waals surface area contributed by atoms with Crippen LogP contribution in [0.25, 0.3) is 0 Å². The van der Waals surface area contributed by atoms with Gasteiger partial charge in [0.05, 0.1) is 12.2 Å². The summed E-state index contributed by atoms with van der Waals surface area (Å²) < 4.78 is 20.2. The standard InChI is InChI=1S/C15H22FNO/c1-10(2)13-8-7-11-5-4-6-12(16)15(11)14(18-13)9-17-3/h4-6,10,13-14,17H,7-9H2,1-3H3/t13-,14-/m0/s1. The highest BCUT2D eigenvalue weighted by molar-refractivity contribution is 5.32. The summed E-state index contributed by atoms with van der Waals surface area (Å²) in [7, 11) is 1.87. The topological polar surface area (TPSA) is 21.3 Å². The van der Waals surface area contributed by atoms with Crippen LogP contribution in [0.1, 0.15) is 37.5 Å². The molecule has 2 rings (SSSR count). The van der Waals surface area contributed by atoms with E-state index >= 15 is 0 Å². The normalized spacial score (nSPS) is 23.8. The molecule has 100 valence electrons. The van der Waals surface area contributed by atoms with E-state index in [9.17, 15) is 4.39 Å². The molecule has 0 saturated carbocycles. The molecule has 1 heterocycles. The van der Waals surface area contributed by atoms with Crippen molar-refractivity contribution in [2.75, 3.05) is 13.6 Å². The smallest absolute Gasteiger partial charge is 0.129 e. The minimum absolute atomic E-state index is 0.142. The molecule has 1 aliphatic rings. The molecule has 3 heteroatoms. The second-order valence-electron chi connectivity index (χ2n) is 5.32. The minimum Gasteiger partial charge on any atom is -0.369 e. The molecular formula is C15H22FNO. The van der Waals surface area contributed by atoms with Crippen molar-refractivity contribution in [3.05, 3.63) is 35.1 Å². The number of hydrogen-bond donors (Lipinski definition) is 1. The zero-order valence-electron chi connectivity index (χ0n) is 11.4. The summed E-state index contributed by atoms with van der Waals surface area (Å²) in [5.41, 5.74) is 1.84. The lowest BCUT2D eigenvalue weighted by atomic mass is 9.97. The quantitative estimate of drug-likeness (QED) is 0.891. The lowest BCUT2D eigenvalue weighted by Gasteiger charge is -2.25. The summed E-state index contributed by atoms with van der Waals surface area (Å²) in [5.74, 6) is 0.318. The average molecular weight is 251 g/mol. The first-order valence-corrected chi connectivity index (χ1v) is 6.70. The van der Waals surface area contributed by atoms with Gasteiger partial charge in [-0.3, -0.25) is 0 Å². The van der Waals surface area contributed by atoms with Crippen molar-refractivity contribution in [1.82, 2.24) is 5.32 Å². The molecule has 1 aliphatic heterocycles. The summed E-state index contributed by atoms with van der Waals surface area (Å²) in [6.45, 7) is 4.97. The second kappa shape index (κ2) is 5.81. The van der Waals surface area contributed by atoms with Gasteiger partial charge < -0.3 is 10.1 Å². The number of halogens is 1. The van der Waals surface area contributed by atoms with Gasteiger partial charge in [-0.2, -0.15) is 0 Å². The van der Waals surface area contributed by atoms with Crippen LogP contribution in [-0.2, 0) is 11.2 Å². The fourth-order valence-corrected chi connectivity index (χ4v) is 2.63. The Morgan fingerprint density at radius 2 is 2.22 bits per heavy atom. The van der Waals surface area contributed by atoms with E-state index < -0.39 is 0 Å². The number of rotatable bonds is 3. The maximum absolute atomic E-state index is 14.0. The van der Waals surface area contributed by atoms with Crippen molar-refractivity contribution in [3.63, 3.8) is 0 Å². The van der Waals surface area contributed by atoms with Crippen molar-refractivity contribution in [2.24, 2.45) is 5.92 Å². The first-order valence-electron chi connectivity index (χ1n) is 6.70. The SMILES string of the molecule is CNC[C@@H]1O[C@H](C(C)C)CCc2cccc(F)c21. The first kappa shape index (κ1) is 13.5. The average Bonchev–Trinajstić information content (AvgIpc) is 2.51. The number of fused-ring (bicyclic) bond motifs is 1. The van der Waals surface area contributed by atoms with Crippen molar-refractivity contribution < 1.29 is 9.13 Å². The maximum Gasteiger partial charge on any atom is 0.129 e. The molecule has 2 atom stereocenters. The Hall–Kier alpha value is -0.930. The molecule has 0 unspecified atom stereocenters. The van der Waals surface area contributed by atoms with Crippen LogP contribution in [0.2, 0.25) is 0 Å². The molecule has 0 aliphatic carbocycles. The van der Waals surface area contributed by atoms with Crippen molar-refractivity contribution in [3.8, 4) is 0 Å². The van der Waals surface area contributed by atoms with Crippen LogP contribution < -0.4 is 5.32 Å². The van der Waals surface area contributed by atoms with Crippen LogP contribution >= 0.6 is 0 Å². The number of nitrogens with one attached hydrogen (secondary N) is 1. The molecule has 2 nitrogen and oxygen atoms in total. The van der Waals surface area contributed by atoms with Crippen LogP contribution in [0.4, 0.5) is 4.39 Å². The monoisotopic (exact) mass is 251 g/mol. The van der Waals surface area contributed by atoms with Crippen molar-refractivity contribution in [2.45, 2.75) is 38.9 Å². The Morgan fingerprint density at radius 3 is 2.89 bits per heavy atom. The molecule has 1 aromatic carbocycles. The lowest BCUT2D eigenvalue weighted by Crippen LogP contribution is -2.27. The highest BCUT2D eigenvalue weighted by Crippen LogP contribution is 2.32.